The summed E-state index contributed by atoms with van der Waals surface area (Å²) < 4.78 is 4.44. The van der Waals surface area contributed by atoms with E-state index in [1.807, 2.05) is 30.3 Å². The smallest absolute Gasteiger partial charge is 0.196 e. The van der Waals surface area contributed by atoms with Crippen molar-refractivity contribution in [1.29, 1.82) is 0 Å². The lowest BCUT2D eigenvalue weighted by atomic mass is 10.0. The van der Waals surface area contributed by atoms with Crippen LogP contribution in [-0.4, -0.2) is 10.4 Å². The summed E-state index contributed by atoms with van der Waals surface area (Å²) in [6.45, 7) is 2.62. The van der Waals surface area contributed by atoms with Crippen LogP contribution in [0.25, 0.3) is 0 Å². The summed E-state index contributed by atoms with van der Waals surface area (Å²) in [6, 6.07) is 9.63. The number of rotatable bonds is 8. The molecule has 0 amide bonds. The fourth-order valence-corrected chi connectivity index (χ4v) is 2.39. The molecule has 1 atom stereocenters. The molecule has 0 aliphatic carbocycles. The van der Waals surface area contributed by atoms with E-state index in [1.54, 1.807) is 0 Å². The summed E-state index contributed by atoms with van der Waals surface area (Å²) in [5, 5.41) is 0. The van der Waals surface area contributed by atoms with Crippen LogP contribution >= 0.6 is 34.8 Å². The Labute approximate surface area is 131 Å². The average Bonchev–Trinajstić information content (AvgIpc) is 2.37. The van der Waals surface area contributed by atoms with Crippen LogP contribution in [0.3, 0.4) is 0 Å². The second-order valence-corrected chi connectivity index (χ2v) is 7.08. The highest BCUT2D eigenvalue weighted by atomic mass is 35.6. The Kier molecular flexibility index (Phi) is 7.97. The number of halogens is 3. The van der Waals surface area contributed by atoms with E-state index in [4.69, 9.17) is 39.5 Å². The number of benzene rings is 1. The van der Waals surface area contributed by atoms with Crippen molar-refractivity contribution in [2.45, 2.75) is 42.8 Å². The summed E-state index contributed by atoms with van der Waals surface area (Å²) in [6.07, 6.45) is 5.57. The molecule has 0 saturated heterocycles. The minimum atomic E-state index is -1.26. The molecule has 0 fully saturated rings. The topological polar surface area (TPSA) is 9.23 Å². The molecular formula is C15H21Cl3O. The van der Waals surface area contributed by atoms with Crippen molar-refractivity contribution in [2.24, 2.45) is 5.92 Å². The average molecular weight is 324 g/mol. The highest BCUT2D eigenvalue weighted by Gasteiger charge is 2.32. The Hall–Kier alpha value is -0.110. The Morgan fingerprint density at radius 2 is 1.74 bits per heavy atom. The highest BCUT2D eigenvalue weighted by Crippen LogP contribution is 2.38. The molecule has 0 radical (unpaired) electrons. The van der Waals surface area contributed by atoms with Crippen molar-refractivity contribution >= 4 is 34.8 Å². The minimum Gasteiger partial charge on any atom is -0.493 e. The Bertz CT molecular complexity index is 335. The lowest BCUT2D eigenvalue weighted by Gasteiger charge is -2.24. The summed E-state index contributed by atoms with van der Waals surface area (Å²) in [7, 11) is 0. The first-order valence-electron chi connectivity index (χ1n) is 6.78. The number of hydrogen-bond acceptors (Lipinski definition) is 1. The van der Waals surface area contributed by atoms with E-state index in [0.717, 1.165) is 18.6 Å². The normalized spacial score (nSPS) is 13.3. The van der Waals surface area contributed by atoms with Gasteiger partial charge < -0.3 is 4.74 Å². The Balaban J connectivity index is 2.42. The zero-order chi connectivity index (χ0) is 14.1. The van der Waals surface area contributed by atoms with Gasteiger partial charge in [0, 0.05) is 5.92 Å². The molecule has 1 aromatic rings. The lowest BCUT2D eigenvalue weighted by Crippen LogP contribution is -2.26. The van der Waals surface area contributed by atoms with Crippen molar-refractivity contribution in [3.05, 3.63) is 30.3 Å². The molecule has 0 aliphatic rings. The van der Waals surface area contributed by atoms with Crippen LogP contribution in [0.4, 0.5) is 0 Å². The molecule has 0 N–H and O–H groups in total. The highest BCUT2D eigenvalue weighted by molar-refractivity contribution is 6.67. The van der Waals surface area contributed by atoms with Gasteiger partial charge in [0.05, 0.1) is 6.61 Å². The van der Waals surface area contributed by atoms with Crippen LogP contribution < -0.4 is 4.74 Å². The maximum atomic E-state index is 6.03. The minimum absolute atomic E-state index is 0.0745. The second-order valence-electron chi connectivity index (χ2n) is 4.71. The predicted molar refractivity (Wildman–Crippen MR) is 84.5 cm³/mol. The first kappa shape index (κ1) is 16.9. The van der Waals surface area contributed by atoms with Crippen LogP contribution in [0, 0.1) is 5.92 Å². The molecule has 4 heteroatoms. The third-order valence-corrected chi connectivity index (χ3v) is 3.99. The van der Waals surface area contributed by atoms with Gasteiger partial charge in [-0.2, -0.15) is 0 Å². The fourth-order valence-electron chi connectivity index (χ4n) is 1.87. The monoisotopic (exact) mass is 322 g/mol. The summed E-state index contributed by atoms with van der Waals surface area (Å²) >= 11 is 18.1. The van der Waals surface area contributed by atoms with E-state index < -0.39 is 3.79 Å². The third kappa shape index (κ3) is 7.29. The maximum Gasteiger partial charge on any atom is 0.196 e. The molecule has 1 rings (SSSR count). The zero-order valence-electron chi connectivity index (χ0n) is 11.2. The van der Waals surface area contributed by atoms with Gasteiger partial charge in [0.25, 0.3) is 0 Å². The second kappa shape index (κ2) is 8.94. The van der Waals surface area contributed by atoms with Crippen LogP contribution in [0.1, 0.15) is 39.0 Å². The van der Waals surface area contributed by atoms with E-state index in [9.17, 15) is 0 Å². The molecule has 19 heavy (non-hydrogen) atoms. The Morgan fingerprint density at radius 3 is 2.32 bits per heavy atom. The van der Waals surface area contributed by atoms with E-state index in [1.165, 1.54) is 19.3 Å². The van der Waals surface area contributed by atoms with Gasteiger partial charge in [0.1, 0.15) is 5.75 Å². The first-order valence-corrected chi connectivity index (χ1v) is 7.92. The van der Waals surface area contributed by atoms with Gasteiger partial charge in [-0.3, -0.25) is 0 Å². The van der Waals surface area contributed by atoms with Crippen LogP contribution in [0.15, 0.2) is 30.3 Å². The largest absolute Gasteiger partial charge is 0.493 e. The van der Waals surface area contributed by atoms with Crippen molar-refractivity contribution in [3.63, 3.8) is 0 Å². The SMILES string of the molecule is CCCCCCC(COc1ccccc1)C(Cl)(Cl)Cl. The molecular weight excluding hydrogens is 303 g/mol. The van der Waals surface area contributed by atoms with Crippen molar-refractivity contribution in [3.8, 4) is 5.75 Å². The van der Waals surface area contributed by atoms with E-state index in [-0.39, 0.29) is 5.92 Å². The number of hydrogen-bond donors (Lipinski definition) is 0. The molecule has 0 saturated carbocycles. The molecule has 0 heterocycles. The zero-order valence-corrected chi connectivity index (χ0v) is 13.5. The van der Waals surface area contributed by atoms with E-state index >= 15 is 0 Å². The van der Waals surface area contributed by atoms with Gasteiger partial charge in [-0.1, -0.05) is 85.6 Å². The third-order valence-electron chi connectivity index (χ3n) is 3.06. The molecule has 1 nitrogen and oxygen atoms in total. The van der Waals surface area contributed by atoms with Crippen molar-refractivity contribution in [2.75, 3.05) is 6.61 Å². The van der Waals surface area contributed by atoms with Gasteiger partial charge in [0.15, 0.2) is 3.79 Å². The van der Waals surface area contributed by atoms with Gasteiger partial charge in [-0.25, -0.2) is 0 Å². The van der Waals surface area contributed by atoms with Crippen molar-refractivity contribution in [1.82, 2.24) is 0 Å². The Morgan fingerprint density at radius 1 is 1.05 bits per heavy atom. The van der Waals surface area contributed by atoms with Gasteiger partial charge in [-0.05, 0) is 18.6 Å². The summed E-state index contributed by atoms with van der Waals surface area (Å²) in [5.74, 6) is 0.741. The van der Waals surface area contributed by atoms with E-state index in [0.29, 0.717) is 6.61 Å². The predicted octanol–water partition coefficient (Wildman–Crippen LogP) is 6.02. The van der Waals surface area contributed by atoms with Crippen LogP contribution in [0.2, 0.25) is 0 Å². The van der Waals surface area contributed by atoms with Gasteiger partial charge >= 0.3 is 0 Å². The maximum absolute atomic E-state index is 6.03. The quantitative estimate of drug-likeness (QED) is 0.419. The van der Waals surface area contributed by atoms with Gasteiger partial charge in [-0.15, -0.1) is 0 Å². The molecule has 0 aromatic heterocycles. The molecule has 0 bridgehead atoms. The number of unbranched alkanes of at least 4 members (excludes halogenated alkanes) is 3. The molecule has 0 spiro atoms. The molecule has 1 aromatic carbocycles. The molecule has 108 valence electrons. The van der Waals surface area contributed by atoms with Crippen LogP contribution in [-0.2, 0) is 0 Å². The standard InChI is InChI=1S/C15H21Cl3O/c1-2-3-4-6-9-13(15(16,17)18)12-19-14-10-7-5-8-11-14/h5,7-8,10-11,13H,2-4,6,9,12H2,1H3. The summed E-state index contributed by atoms with van der Waals surface area (Å²) in [5.41, 5.74) is 0. The van der Waals surface area contributed by atoms with E-state index in [2.05, 4.69) is 6.92 Å². The number of ether oxygens (including phenoxy) is 1. The summed E-state index contributed by atoms with van der Waals surface area (Å²) in [4.78, 5) is 0. The fraction of sp³-hybridized carbons (Fsp3) is 0.600. The van der Waals surface area contributed by atoms with Crippen LogP contribution in [0.5, 0.6) is 5.75 Å². The van der Waals surface area contributed by atoms with Crippen molar-refractivity contribution < 1.29 is 4.74 Å². The number of para-hydroxylation sites is 1. The molecule has 1 unspecified atom stereocenters. The number of alkyl halides is 3. The van der Waals surface area contributed by atoms with Gasteiger partial charge in [0.2, 0.25) is 0 Å². The molecule has 0 aliphatic heterocycles. The first-order chi connectivity index (χ1) is 9.04. The lowest BCUT2D eigenvalue weighted by molar-refractivity contribution is 0.238.